The summed E-state index contributed by atoms with van der Waals surface area (Å²) in [6, 6.07) is 25.9. The Bertz CT molecular complexity index is 1650. The Morgan fingerprint density at radius 1 is 0.750 bits per heavy atom. The van der Waals surface area contributed by atoms with Crippen LogP contribution in [0.25, 0.3) is 0 Å². The lowest BCUT2D eigenvalue weighted by atomic mass is 10.0. The number of rotatable bonds is 9. The van der Waals surface area contributed by atoms with Crippen molar-refractivity contribution in [3.63, 3.8) is 0 Å². The first-order valence-electron chi connectivity index (χ1n) is 12.0. The summed E-state index contributed by atoms with van der Waals surface area (Å²) in [6.45, 7) is -0.104. The molecular formula is C28H20N6O6. The monoisotopic (exact) mass is 536 g/mol. The molecule has 0 aromatic heterocycles. The number of carbonyl (C=O) groups excluding carboxylic acids is 2. The molecule has 2 N–H and O–H groups in total. The molecule has 1 aliphatic rings. The van der Waals surface area contributed by atoms with Gasteiger partial charge in [0.05, 0.1) is 39.4 Å². The molecule has 1 heterocycles. The second-order valence-corrected chi connectivity index (χ2v) is 8.62. The van der Waals surface area contributed by atoms with Crippen LogP contribution in [-0.2, 0) is 0 Å². The summed E-state index contributed by atoms with van der Waals surface area (Å²) in [6.07, 6.45) is 0. The van der Waals surface area contributed by atoms with E-state index in [9.17, 15) is 29.8 Å². The zero-order valence-corrected chi connectivity index (χ0v) is 20.7. The average molecular weight is 537 g/mol. The van der Waals surface area contributed by atoms with Gasteiger partial charge in [-0.3, -0.25) is 40.1 Å². The quantitative estimate of drug-likeness (QED) is 0.130. The maximum absolute atomic E-state index is 12.8. The van der Waals surface area contributed by atoms with E-state index in [0.717, 1.165) is 17.0 Å². The summed E-state index contributed by atoms with van der Waals surface area (Å²) >= 11 is 0. The van der Waals surface area contributed by atoms with E-state index in [1.54, 1.807) is 72.8 Å². The minimum atomic E-state index is -0.732. The Balaban J connectivity index is 1.48. The molecule has 12 heteroatoms. The van der Waals surface area contributed by atoms with Crippen molar-refractivity contribution in [2.45, 2.75) is 0 Å². The summed E-state index contributed by atoms with van der Waals surface area (Å²) in [5.74, 6) is -0.815. The fourth-order valence-corrected chi connectivity index (χ4v) is 4.26. The fourth-order valence-electron chi connectivity index (χ4n) is 4.26. The minimum Gasteiger partial charge on any atom is -0.367 e. The van der Waals surface area contributed by atoms with Crippen LogP contribution >= 0.6 is 0 Å². The van der Waals surface area contributed by atoms with Gasteiger partial charge in [-0.25, -0.2) is 0 Å². The molecule has 4 aromatic rings. The number of hydrazone groups is 1. The van der Waals surface area contributed by atoms with Crippen LogP contribution in [0.3, 0.4) is 0 Å². The topological polar surface area (TPSA) is 160 Å². The van der Waals surface area contributed by atoms with Crippen LogP contribution in [0.1, 0.15) is 31.8 Å². The number of anilines is 2. The first-order valence-corrected chi connectivity index (χ1v) is 12.0. The Morgan fingerprint density at radius 3 is 2.02 bits per heavy atom. The predicted octanol–water partition coefficient (Wildman–Crippen LogP) is 5.03. The molecule has 0 aliphatic carbocycles. The summed E-state index contributed by atoms with van der Waals surface area (Å²) in [5.41, 5.74) is 4.55. The van der Waals surface area contributed by atoms with E-state index < -0.39 is 33.0 Å². The number of fused-ring (bicyclic) bond motifs is 1. The molecule has 0 bridgehead atoms. The van der Waals surface area contributed by atoms with E-state index in [1.807, 2.05) is 6.07 Å². The van der Waals surface area contributed by atoms with Gasteiger partial charge >= 0.3 is 5.69 Å². The van der Waals surface area contributed by atoms with Gasteiger partial charge in [0, 0.05) is 22.9 Å². The van der Waals surface area contributed by atoms with Gasteiger partial charge in [0.2, 0.25) is 0 Å². The fraction of sp³-hybridized carbons (Fsp3) is 0.0357. The van der Waals surface area contributed by atoms with Gasteiger partial charge in [-0.1, -0.05) is 60.7 Å². The van der Waals surface area contributed by atoms with E-state index in [-0.39, 0.29) is 12.4 Å². The predicted molar refractivity (Wildman–Crippen MR) is 147 cm³/mol. The van der Waals surface area contributed by atoms with E-state index in [4.69, 9.17) is 0 Å². The van der Waals surface area contributed by atoms with Crippen molar-refractivity contribution < 1.29 is 19.4 Å². The number of para-hydroxylation sites is 1. The molecule has 0 saturated carbocycles. The molecule has 5 rings (SSSR count). The van der Waals surface area contributed by atoms with Crippen molar-refractivity contribution in [1.29, 1.82) is 0 Å². The minimum absolute atomic E-state index is 0.0412. The SMILES string of the molecule is O=C1c2ccccc2C(=O)N1CNc1ccccc1C(=NNc1ccc([N+](=O)[O-])cc1[N+](=O)[O-])c1ccccc1. The maximum Gasteiger partial charge on any atom is 0.301 e. The van der Waals surface area contributed by atoms with Crippen molar-refractivity contribution in [3.05, 3.63) is 140 Å². The number of nitrogens with one attached hydrogen (secondary N) is 2. The Kier molecular flexibility index (Phi) is 6.97. The van der Waals surface area contributed by atoms with E-state index in [2.05, 4.69) is 15.8 Å². The number of nitro groups is 2. The van der Waals surface area contributed by atoms with E-state index >= 15 is 0 Å². The van der Waals surface area contributed by atoms with Gasteiger partial charge in [0.25, 0.3) is 17.5 Å². The highest BCUT2D eigenvalue weighted by Gasteiger charge is 2.35. The number of amides is 2. The third-order valence-electron chi connectivity index (χ3n) is 6.21. The highest BCUT2D eigenvalue weighted by molar-refractivity contribution is 6.21. The van der Waals surface area contributed by atoms with Crippen LogP contribution in [0.4, 0.5) is 22.7 Å². The number of nitro benzene ring substituents is 2. The third-order valence-corrected chi connectivity index (χ3v) is 6.21. The number of hydrogen-bond donors (Lipinski definition) is 2. The molecule has 0 unspecified atom stereocenters. The second kappa shape index (κ2) is 10.8. The number of carbonyl (C=O) groups is 2. The van der Waals surface area contributed by atoms with Crippen LogP contribution < -0.4 is 10.7 Å². The van der Waals surface area contributed by atoms with Crippen molar-refractivity contribution in [1.82, 2.24) is 4.90 Å². The average Bonchev–Trinajstić information content (AvgIpc) is 3.22. The number of imide groups is 1. The molecule has 0 spiro atoms. The van der Waals surface area contributed by atoms with Crippen LogP contribution in [0.5, 0.6) is 0 Å². The van der Waals surface area contributed by atoms with Gasteiger partial charge in [0.1, 0.15) is 5.69 Å². The highest BCUT2D eigenvalue weighted by atomic mass is 16.6. The largest absolute Gasteiger partial charge is 0.367 e. The molecular weight excluding hydrogens is 516 g/mol. The van der Waals surface area contributed by atoms with Gasteiger partial charge < -0.3 is 5.32 Å². The first-order chi connectivity index (χ1) is 19.3. The number of non-ortho nitro benzene ring substituents is 1. The van der Waals surface area contributed by atoms with Gasteiger partial charge in [-0.05, 0) is 24.3 Å². The molecule has 4 aromatic carbocycles. The van der Waals surface area contributed by atoms with E-state index in [0.29, 0.717) is 33.7 Å². The van der Waals surface area contributed by atoms with Crippen LogP contribution in [-0.4, -0.2) is 38.9 Å². The molecule has 0 radical (unpaired) electrons. The highest BCUT2D eigenvalue weighted by Crippen LogP contribution is 2.30. The number of hydrogen-bond acceptors (Lipinski definition) is 9. The van der Waals surface area contributed by atoms with Gasteiger partial charge in [-0.15, -0.1) is 0 Å². The first kappa shape index (κ1) is 25.7. The molecule has 0 atom stereocenters. The number of nitrogens with zero attached hydrogens (tertiary/aromatic N) is 4. The van der Waals surface area contributed by atoms with Crippen LogP contribution in [0, 0.1) is 20.2 Å². The summed E-state index contributed by atoms with van der Waals surface area (Å²) < 4.78 is 0. The van der Waals surface area contributed by atoms with Crippen molar-refractivity contribution in [3.8, 4) is 0 Å². The van der Waals surface area contributed by atoms with Crippen LogP contribution in [0.15, 0.2) is 102 Å². The second-order valence-electron chi connectivity index (χ2n) is 8.62. The van der Waals surface area contributed by atoms with Crippen molar-refractivity contribution >= 4 is 40.3 Å². The lowest BCUT2D eigenvalue weighted by Crippen LogP contribution is -2.34. The van der Waals surface area contributed by atoms with Gasteiger partial charge in [-0.2, -0.15) is 5.10 Å². The molecule has 198 valence electrons. The molecule has 12 nitrogen and oxygen atoms in total. The molecule has 0 saturated heterocycles. The smallest absolute Gasteiger partial charge is 0.301 e. The summed E-state index contributed by atoms with van der Waals surface area (Å²) in [5, 5.41) is 30.3. The maximum atomic E-state index is 12.8. The molecule has 40 heavy (non-hydrogen) atoms. The Morgan fingerprint density at radius 2 is 1.38 bits per heavy atom. The Hall–Kier alpha value is -5.91. The zero-order valence-electron chi connectivity index (χ0n) is 20.7. The van der Waals surface area contributed by atoms with Gasteiger partial charge in [0.15, 0.2) is 0 Å². The van der Waals surface area contributed by atoms with Crippen molar-refractivity contribution in [2.75, 3.05) is 17.4 Å². The molecule has 1 aliphatic heterocycles. The normalized spacial score (nSPS) is 12.7. The molecule has 2 amide bonds. The zero-order chi connectivity index (χ0) is 28.2. The van der Waals surface area contributed by atoms with Crippen LogP contribution in [0.2, 0.25) is 0 Å². The standard InChI is InChI=1S/C28H20N6O6/c35-27-20-10-4-5-11-21(20)28(36)32(27)17-29-23-13-7-6-12-22(23)26(18-8-2-1-3-9-18)31-30-24-15-14-19(33(37)38)16-25(24)34(39)40/h1-16,29-30H,17H2. The lowest BCUT2D eigenvalue weighted by molar-refractivity contribution is -0.393. The third kappa shape index (κ3) is 4.96. The number of benzene rings is 4. The van der Waals surface area contributed by atoms with Crippen molar-refractivity contribution in [2.24, 2.45) is 5.10 Å². The molecule has 0 fully saturated rings. The summed E-state index contributed by atoms with van der Waals surface area (Å²) in [7, 11) is 0. The summed E-state index contributed by atoms with van der Waals surface area (Å²) in [4.78, 5) is 48.0. The lowest BCUT2D eigenvalue weighted by Gasteiger charge is -2.19. The van der Waals surface area contributed by atoms with E-state index in [1.165, 1.54) is 6.07 Å². The Labute approximate surface area is 226 Å².